The molecule has 0 aliphatic rings. The number of hydrogen-bond donors (Lipinski definition) is 0. The van der Waals surface area contributed by atoms with Gasteiger partial charge in [-0.3, -0.25) is 4.90 Å². The van der Waals surface area contributed by atoms with E-state index in [2.05, 4.69) is 61.3 Å². The van der Waals surface area contributed by atoms with Crippen LogP contribution >= 0.6 is 11.8 Å². The van der Waals surface area contributed by atoms with E-state index in [0.717, 1.165) is 0 Å². The Kier molecular flexibility index (Phi) is 3.75. The molecule has 1 unspecified atom stereocenters. The quantitative estimate of drug-likeness (QED) is 0.538. The molecule has 1 atom stereocenters. The molecule has 0 aromatic carbocycles. The highest BCUT2D eigenvalue weighted by atomic mass is 32.2. The Morgan fingerprint density at radius 2 is 1.85 bits per heavy atom. The summed E-state index contributed by atoms with van der Waals surface area (Å²) in [6, 6.07) is 4.29. The first-order valence-corrected chi connectivity index (χ1v) is 5.59. The normalized spacial score (nSPS) is 13.3. The topological polar surface area (TPSA) is 7.12 Å². The number of hydrogen-bond acceptors (Lipinski definition) is 2. The molecule has 0 radical (unpaired) electrons. The zero-order valence-corrected chi connectivity index (χ0v) is 9.51. The van der Waals surface area contributed by atoms with E-state index < -0.39 is 0 Å². The van der Waals surface area contributed by atoms with Gasteiger partial charge in [0.15, 0.2) is 12.4 Å². The smallest absolute Gasteiger partial charge is 0.211 e. The van der Waals surface area contributed by atoms with Gasteiger partial charge in [-0.1, -0.05) is 0 Å². The van der Waals surface area contributed by atoms with Crippen molar-refractivity contribution in [3.63, 3.8) is 0 Å². The summed E-state index contributed by atoms with van der Waals surface area (Å²) in [5, 5.41) is 0. The van der Waals surface area contributed by atoms with Gasteiger partial charge in [-0.25, -0.2) is 0 Å². The highest BCUT2D eigenvalue weighted by Crippen LogP contribution is 2.11. The van der Waals surface area contributed by atoms with E-state index in [-0.39, 0.29) is 0 Å². The van der Waals surface area contributed by atoms with Crippen molar-refractivity contribution >= 4 is 11.8 Å². The molecule has 0 fully saturated rings. The maximum Gasteiger partial charge on any atom is 0.211 e. The fraction of sp³-hybridized carbons (Fsp3) is 0.500. The third-order valence-electron chi connectivity index (χ3n) is 2.24. The Balaban J connectivity index is 2.79. The van der Waals surface area contributed by atoms with Gasteiger partial charge in [-0.05, 0) is 20.4 Å². The number of nitrogens with zero attached hydrogens (tertiary/aromatic N) is 2. The molecule has 72 valence electrons. The van der Waals surface area contributed by atoms with Crippen molar-refractivity contribution in [2.75, 3.05) is 20.4 Å². The van der Waals surface area contributed by atoms with Crippen molar-refractivity contribution in [3.8, 4) is 0 Å². The van der Waals surface area contributed by atoms with E-state index in [0.29, 0.717) is 6.17 Å². The predicted octanol–water partition coefficient (Wildman–Crippen LogP) is 1.78. The van der Waals surface area contributed by atoms with Gasteiger partial charge >= 0.3 is 0 Å². The second-order valence-corrected chi connectivity index (χ2v) is 4.16. The Hall–Kier alpha value is -0.540. The summed E-state index contributed by atoms with van der Waals surface area (Å²) in [5.41, 5.74) is 0. The second kappa shape index (κ2) is 4.63. The zero-order valence-electron chi connectivity index (χ0n) is 8.69. The molecular formula is C10H17N2S+. The second-order valence-electron chi connectivity index (χ2n) is 3.28. The predicted molar refractivity (Wildman–Crippen MR) is 56.8 cm³/mol. The van der Waals surface area contributed by atoms with Crippen molar-refractivity contribution in [2.45, 2.75) is 18.0 Å². The molecule has 0 bridgehead atoms. The van der Waals surface area contributed by atoms with Gasteiger partial charge in [-0.15, -0.1) is 11.8 Å². The molecule has 13 heavy (non-hydrogen) atoms. The van der Waals surface area contributed by atoms with Crippen LogP contribution in [0.1, 0.15) is 13.1 Å². The standard InChI is InChI=1S/C10H17N2S/c1-9(11(2)3)12-7-5-10(13-4)6-8-12/h5-9H,1-4H3/q+1. The largest absolute Gasteiger partial charge is 0.252 e. The molecule has 1 aromatic rings. The molecule has 0 N–H and O–H groups in total. The first kappa shape index (κ1) is 10.5. The minimum Gasteiger partial charge on any atom is -0.252 e. The lowest BCUT2D eigenvalue weighted by molar-refractivity contribution is -0.738. The molecule has 0 saturated heterocycles. The number of pyridine rings is 1. The first-order chi connectivity index (χ1) is 6.15. The van der Waals surface area contributed by atoms with Gasteiger partial charge in [0, 0.05) is 24.0 Å². The minimum atomic E-state index is 0.413. The summed E-state index contributed by atoms with van der Waals surface area (Å²) in [5.74, 6) is 0. The van der Waals surface area contributed by atoms with Crippen molar-refractivity contribution in [2.24, 2.45) is 0 Å². The SMILES string of the molecule is CSc1cc[n+](C(C)N(C)C)cc1. The summed E-state index contributed by atoms with van der Waals surface area (Å²) >= 11 is 1.77. The van der Waals surface area contributed by atoms with Crippen molar-refractivity contribution < 1.29 is 4.57 Å². The van der Waals surface area contributed by atoms with Crippen LogP contribution in [0.5, 0.6) is 0 Å². The zero-order chi connectivity index (χ0) is 9.84. The Bertz CT molecular complexity index is 256. The first-order valence-electron chi connectivity index (χ1n) is 4.36. The molecule has 0 saturated carbocycles. The lowest BCUT2D eigenvalue weighted by Crippen LogP contribution is -2.44. The minimum absolute atomic E-state index is 0.413. The number of aromatic nitrogens is 1. The molecule has 1 aromatic heterocycles. The summed E-state index contributed by atoms with van der Waals surface area (Å²) in [6.45, 7) is 2.18. The van der Waals surface area contributed by atoms with E-state index in [9.17, 15) is 0 Å². The van der Waals surface area contributed by atoms with E-state index in [4.69, 9.17) is 0 Å². The Morgan fingerprint density at radius 1 is 1.31 bits per heavy atom. The van der Waals surface area contributed by atoms with Crippen LogP contribution in [0.2, 0.25) is 0 Å². The number of rotatable bonds is 3. The van der Waals surface area contributed by atoms with E-state index in [1.165, 1.54) is 4.90 Å². The van der Waals surface area contributed by atoms with Gasteiger partial charge in [0.25, 0.3) is 0 Å². The molecule has 2 nitrogen and oxygen atoms in total. The van der Waals surface area contributed by atoms with Crippen LogP contribution in [0.15, 0.2) is 29.4 Å². The molecule has 0 spiro atoms. The van der Waals surface area contributed by atoms with Crippen LogP contribution in [0.25, 0.3) is 0 Å². The van der Waals surface area contributed by atoms with Crippen LogP contribution in [0.4, 0.5) is 0 Å². The summed E-state index contributed by atoms with van der Waals surface area (Å²) < 4.78 is 2.19. The number of thioether (sulfide) groups is 1. The monoisotopic (exact) mass is 197 g/mol. The molecule has 0 aliphatic heterocycles. The average Bonchev–Trinajstić information content (AvgIpc) is 2.17. The highest BCUT2D eigenvalue weighted by molar-refractivity contribution is 7.98. The summed E-state index contributed by atoms with van der Waals surface area (Å²) in [7, 11) is 4.17. The molecule has 1 rings (SSSR count). The van der Waals surface area contributed by atoms with Gasteiger partial charge < -0.3 is 0 Å². The van der Waals surface area contributed by atoms with E-state index in [1.807, 2.05) is 0 Å². The van der Waals surface area contributed by atoms with Crippen LogP contribution in [-0.4, -0.2) is 25.3 Å². The summed E-state index contributed by atoms with van der Waals surface area (Å²) in [6.07, 6.45) is 6.75. The molecular weight excluding hydrogens is 180 g/mol. The van der Waals surface area contributed by atoms with Gasteiger partial charge in [-0.2, -0.15) is 4.57 Å². The Labute approximate surface area is 84.6 Å². The fourth-order valence-electron chi connectivity index (χ4n) is 1.08. The highest BCUT2D eigenvalue weighted by Gasteiger charge is 2.13. The summed E-state index contributed by atoms with van der Waals surface area (Å²) in [4.78, 5) is 3.49. The Morgan fingerprint density at radius 3 is 2.23 bits per heavy atom. The van der Waals surface area contributed by atoms with Crippen LogP contribution in [0.3, 0.4) is 0 Å². The van der Waals surface area contributed by atoms with Crippen molar-refractivity contribution in [1.29, 1.82) is 0 Å². The molecule has 0 amide bonds. The molecule has 1 heterocycles. The van der Waals surface area contributed by atoms with E-state index >= 15 is 0 Å². The van der Waals surface area contributed by atoms with Gasteiger partial charge in [0.05, 0.1) is 0 Å². The maximum atomic E-state index is 2.19. The fourth-order valence-corrected chi connectivity index (χ4v) is 1.47. The third-order valence-corrected chi connectivity index (χ3v) is 2.98. The lowest BCUT2D eigenvalue weighted by atomic mass is 10.4. The van der Waals surface area contributed by atoms with Gasteiger partial charge in [0.2, 0.25) is 6.17 Å². The van der Waals surface area contributed by atoms with E-state index in [1.54, 1.807) is 11.8 Å². The van der Waals surface area contributed by atoms with Crippen LogP contribution in [0, 0.1) is 0 Å². The molecule has 3 heteroatoms. The van der Waals surface area contributed by atoms with Gasteiger partial charge in [0.1, 0.15) is 0 Å². The molecule has 0 aliphatic carbocycles. The van der Waals surface area contributed by atoms with Crippen molar-refractivity contribution in [1.82, 2.24) is 4.90 Å². The van der Waals surface area contributed by atoms with Crippen molar-refractivity contribution in [3.05, 3.63) is 24.5 Å². The third kappa shape index (κ3) is 2.71. The van der Waals surface area contributed by atoms with Crippen LogP contribution in [-0.2, 0) is 0 Å². The lowest BCUT2D eigenvalue weighted by Gasteiger charge is -2.14. The maximum absolute atomic E-state index is 2.19. The average molecular weight is 197 g/mol. The van der Waals surface area contributed by atoms with Crippen LogP contribution < -0.4 is 4.57 Å².